The van der Waals surface area contributed by atoms with Crippen LogP contribution in [-0.2, 0) is 9.53 Å². The van der Waals surface area contributed by atoms with Gasteiger partial charge in [0.15, 0.2) is 0 Å². The number of carbonyl (C=O) groups is 1. The Labute approximate surface area is 97.6 Å². The second-order valence-corrected chi connectivity index (χ2v) is 4.58. The van der Waals surface area contributed by atoms with E-state index in [1.165, 1.54) is 0 Å². The van der Waals surface area contributed by atoms with Crippen molar-refractivity contribution in [1.82, 2.24) is 4.90 Å². The number of hydrogen-bond acceptors (Lipinski definition) is 4. The van der Waals surface area contributed by atoms with Gasteiger partial charge in [0.1, 0.15) is 0 Å². The molecule has 0 aliphatic heterocycles. The van der Waals surface area contributed by atoms with E-state index < -0.39 is 0 Å². The number of rotatable bonds is 6. The Kier molecular flexibility index (Phi) is 5.77. The van der Waals surface area contributed by atoms with Crippen molar-refractivity contribution < 1.29 is 14.6 Å². The standard InChI is InChI=1S/C12H23NO3/c1-3-16-12(15)7-8-13(2)9-10-5-4-6-11(10)14/h10-11,14H,3-9H2,1-2H3. The lowest BCUT2D eigenvalue weighted by Gasteiger charge is -2.22. The summed E-state index contributed by atoms with van der Waals surface area (Å²) in [4.78, 5) is 13.3. The molecule has 0 aromatic heterocycles. The average Bonchev–Trinajstić information content (AvgIpc) is 2.62. The maximum Gasteiger partial charge on any atom is 0.307 e. The van der Waals surface area contributed by atoms with Crippen LogP contribution in [0.1, 0.15) is 32.6 Å². The molecule has 4 heteroatoms. The maximum absolute atomic E-state index is 11.2. The molecule has 0 aromatic carbocycles. The molecule has 16 heavy (non-hydrogen) atoms. The molecular formula is C12H23NO3. The monoisotopic (exact) mass is 229 g/mol. The lowest BCUT2D eigenvalue weighted by atomic mass is 10.1. The molecule has 1 N–H and O–H groups in total. The number of carbonyl (C=O) groups excluding carboxylic acids is 1. The molecule has 1 aliphatic rings. The van der Waals surface area contributed by atoms with E-state index in [-0.39, 0.29) is 12.1 Å². The zero-order valence-electron chi connectivity index (χ0n) is 10.3. The molecule has 0 saturated heterocycles. The van der Waals surface area contributed by atoms with Gasteiger partial charge in [-0.15, -0.1) is 0 Å². The highest BCUT2D eigenvalue weighted by Crippen LogP contribution is 2.25. The van der Waals surface area contributed by atoms with Crippen LogP contribution in [0.3, 0.4) is 0 Å². The molecule has 0 bridgehead atoms. The number of ether oxygens (including phenoxy) is 1. The molecule has 2 unspecified atom stereocenters. The van der Waals surface area contributed by atoms with E-state index >= 15 is 0 Å². The van der Waals surface area contributed by atoms with Crippen LogP contribution in [0, 0.1) is 5.92 Å². The number of nitrogens with zero attached hydrogens (tertiary/aromatic N) is 1. The molecule has 1 rings (SSSR count). The van der Waals surface area contributed by atoms with Gasteiger partial charge >= 0.3 is 5.97 Å². The highest BCUT2D eigenvalue weighted by Gasteiger charge is 2.26. The first kappa shape index (κ1) is 13.5. The third-order valence-electron chi connectivity index (χ3n) is 3.17. The van der Waals surface area contributed by atoms with Crippen LogP contribution in [-0.4, -0.2) is 48.8 Å². The van der Waals surface area contributed by atoms with E-state index in [4.69, 9.17) is 4.74 Å². The van der Waals surface area contributed by atoms with Crippen molar-refractivity contribution in [3.63, 3.8) is 0 Å². The van der Waals surface area contributed by atoms with Crippen LogP contribution in [0.15, 0.2) is 0 Å². The first-order valence-electron chi connectivity index (χ1n) is 6.15. The summed E-state index contributed by atoms with van der Waals surface area (Å²) in [6, 6.07) is 0. The van der Waals surface area contributed by atoms with Crippen LogP contribution >= 0.6 is 0 Å². The molecule has 1 saturated carbocycles. The smallest absolute Gasteiger partial charge is 0.307 e. The molecule has 0 amide bonds. The van der Waals surface area contributed by atoms with Crippen molar-refractivity contribution >= 4 is 5.97 Å². The molecule has 0 aromatic rings. The van der Waals surface area contributed by atoms with Crippen molar-refractivity contribution in [2.75, 3.05) is 26.7 Å². The summed E-state index contributed by atoms with van der Waals surface area (Å²) in [7, 11) is 1.99. The Morgan fingerprint density at radius 3 is 2.81 bits per heavy atom. The van der Waals surface area contributed by atoms with Gasteiger partial charge in [0, 0.05) is 13.1 Å². The topological polar surface area (TPSA) is 49.8 Å². The summed E-state index contributed by atoms with van der Waals surface area (Å²) >= 11 is 0. The van der Waals surface area contributed by atoms with Crippen LogP contribution in [0.25, 0.3) is 0 Å². The molecule has 1 aliphatic carbocycles. The van der Waals surface area contributed by atoms with Crippen molar-refractivity contribution in [3.8, 4) is 0 Å². The first-order chi connectivity index (χ1) is 7.63. The Bertz CT molecular complexity index is 220. The van der Waals surface area contributed by atoms with Gasteiger partial charge in [-0.2, -0.15) is 0 Å². The van der Waals surface area contributed by atoms with Crippen molar-refractivity contribution in [1.29, 1.82) is 0 Å². The summed E-state index contributed by atoms with van der Waals surface area (Å²) in [5, 5.41) is 9.68. The summed E-state index contributed by atoms with van der Waals surface area (Å²) in [5.74, 6) is 0.244. The van der Waals surface area contributed by atoms with Crippen LogP contribution in [0.2, 0.25) is 0 Å². The summed E-state index contributed by atoms with van der Waals surface area (Å²) in [5.41, 5.74) is 0. The molecule has 94 valence electrons. The van der Waals surface area contributed by atoms with Crippen molar-refractivity contribution in [2.45, 2.75) is 38.7 Å². The van der Waals surface area contributed by atoms with Gasteiger partial charge in [-0.25, -0.2) is 0 Å². The lowest BCUT2D eigenvalue weighted by molar-refractivity contribution is -0.143. The second-order valence-electron chi connectivity index (χ2n) is 4.58. The van der Waals surface area contributed by atoms with Gasteiger partial charge in [0.2, 0.25) is 0 Å². The van der Waals surface area contributed by atoms with Crippen LogP contribution in [0.5, 0.6) is 0 Å². The number of esters is 1. The first-order valence-corrected chi connectivity index (χ1v) is 6.15. The minimum absolute atomic E-state index is 0.138. The predicted molar refractivity (Wildman–Crippen MR) is 62.1 cm³/mol. The minimum Gasteiger partial charge on any atom is -0.466 e. The van der Waals surface area contributed by atoms with Gasteiger partial charge in [0.05, 0.1) is 19.1 Å². The van der Waals surface area contributed by atoms with Gasteiger partial charge < -0.3 is 14.7 Å². The van der Waals surface area contributed by atoms with E-state index in [9.17, 15) is 9.90 Å². The Hall–Kier alpha value is -0.610. The predicted octanol–water partition coefficient (Wildman–Crippen LogP) is 1.03. The Morgan fingerprint density at radius 1 is 1.50 bits per heavy atom. The molecule has 0 heterocycles. The normalized spacial score (nSPS) is 25.0. The van der Waals surface area contributed by atoms with Crippen LogP contribution < -0.4 is 0 Å². The van der Waals surface area contributed by atoms with E-state index in [0.717, 1.165) is 25.8 Å². The van der Waals surface area contributed by atoms with Crippen molar-refractivity contribution in [3.05, 3.63) is 0 Å². The quantitative estimate of drug-likeness (QED) is 0.691. The zero-order valence-corrected chi connectivity index (χ0v) is 10.3. The lowest BCUT2D eigenvalue weighted by Crippen LogP contribution is -2.31. The highest BCUT2D eigenvalue weighted by molar-refractivity contribution is 5.69. The average molecular weight is 229 g/mol. The fourth-order valence-corrected chi connectivity index (χ4v) is 2.24. The molecule has 4 nitrogen and oxygen atoms in total. The SMILES string of the molecule is CCOC(=O)CCN(C)CC1CCCC1O. The summed E-state index contributed by atoms with van der Waals surface area (Å²) < 4.78 is 4.87. The van der Waals surface area contributed by atoms with Crippen LogP contribution in [0.4, 0.5) is 0 Å². The largest absolute Gasteiger partial charge is 0.466 e. The molecular weight excluding hydrogens is 206 g/mol. The zero-order chi connectivity index (χ0) is 12.0. The second kappa shape index (κ2) is 6.86. The third kappa shape index (κ3) is 4.49. The number of hydrogen-bond donors (Lipinski definition) is 1. The van der Waals surface area contributed by atoms with E-state index in [1.54, 1.807) is 0 Å². The van der Waals surface area contributed by atoms with E-state index in [1.807, 2.05) is 14.0 Å². The minimum atomic E-state index is -0.148. The van der Waals surface area contributed by atoms with E-state index in [2.05, 4.69) is 4.90 Å². The highest BCUT2D eigenvalue weighted by atomic mass is 16.5. The number of aliphatic hydroxyl groups is 1. The molecule has 0 radical (unpaired) electrons. The molecule has 1 fully saturated rings. The Balaban J connectivity index is 2.15. The fourth-order valence-electron chi connectivity index (χ4n) is 2.24. The molecule has 0 spiro atoms. The van der Waals surface area contributed by atoms with Gasteiger partial charge in [-0.1, -0.05) is 6.42 Å². The maximum atomic E-state index is 11.2. The fraction of sp³-hybridized carbons (Fsp3) is 0.917. The summed E-state index contributed by atoms with van der Waals surface area (Å²) in [6.07, 6.45) is 3.44. The Morgan fingerprint density at radius 2 is 2.25 bits per heavy atom. The van der Waals surface area contributed by atoms with Gasteiger partial charge in [0.25, 0.3) is 0 Å². The van der Waals surface area contributed by atoms with Gasteiger partial charge in [-0.3, -0.25) is 4.79 Å². The van der Waals surface area contributed by atoms with Gasteiger partial charge in [-0.05, 0) is 32.7 Å². The summed E-state index contributed by atoms with van der Waals surface area (Å²) in [6.45, 7) is 3.85. The third-order valence-corrected chi connectivity index (χ3v) is 3.17. The van der Waals surface area contributed by atoms with E-state index in [0.29, 0.717) is 25.5 Å². The number of aliphatic hydroxyl groups excluding tert-OH is 1. The molecule has 2 atom stereocenters. The van der Waals surface area contributed by atoms with Crippen molar-refractivity contribution in [2.24, 2.45) is 5.92 Å².